The standard InChI is InChI=1S/C23H24IN5O2S/c1-13-19(20(24)14(2)26-13)22-21(17-6-4-5-11-25-17)28-23(32)29(22)16-9-7-15(8-10-16)27-18(30)12-31-3/h4-11,21-22,26H,12H2,1-3H3,(H,27,30)(H,28,32)/t21-,22+/m0/s1. The number of aromatic amines is 1. The van der Waals surface area contributed by atoms with Gasteiger partial charge in [-0.05, 0) is 85.1 Å². The first-order valence-electron chi connectivity index (χ1n) is 10.1. The van der Waals surface area contributed by atoms with E-state index in [9.17, 15) is 4.79 Å². The van der Waals surface area contributed by atoms with Crippen molar-refractivity contribution in [3.63, 3.8) is 0 Å². The molecule has 1 amide bonds. The highest BCUT2D eigenvalue weighted by Gasteiger charge is 2.42. The van der Waals surface area contributed by atoms with Gasteiger partial charge in [-0.3, -0.25) is 9.78 Å². The molecule has 4 rings (SSSR count). The minimum atomic E-state index is -0.195. The molecule has 0 bridgehead atoms. The first-order chi connectivity index (χ1) is 15.4. The van der Waals surface area contributed by atoms with Crippen LogP contribution in [-0.2, 0) is 9.53 Å². The van der Waals surface area contributed by atoms with Crippen LogP contribution in [0.25, 0.3) is 0 Å². The number of pyridine rings is 1. The molecule has 3 aromatic rings. The van der Waals surface area contributed by atoms with E-state index in [4.69, 9.17) is 17.0 Å². The van der Waals surface area contributed by atoms with Gasteiger partial charge >= 0.3 is 0 Å². The molecule has 1 aromatic carbocycles. The number of aryl methyl sites for hydroxylation is 2. The molecule has 2 aromatic heterocycles. The molecule has 3 N–H and O–H groups in total. The molecule has 0 radical (unpaired) electrons. The molecular weight excluding hydrogens is 537 g/mol. The third kappa shape index (κ3) is 4.37. The monoisotopic (exact) mass is 561 g/mol. The van der Waals surface area contributed by atoms with Gasteiger partial charge in [0, 0.05) is 45.2 Å². The maximum absolute atomic E-state index is 11.8. The molecule has 1 aliphatic heterocycles. The Bertz CT molecular complexity index is 1130. The van der Waals surface area contributed by atoms with Crippen molar-refractivity contribution in [2.75, 3.05) is 23.9 Å². The lowest BCUT2D eigenvalue weighted by Crippen LogP contribution is -2.29. The second-order valence-corrected chi connectivity index (χ2v) is 9.09. The van der Waals surface area contributed by atoms with E-state index in [0.29, 0.717) is 10.8 Å². The van der Waals surface area contributed by atoms with Crippen LogP contribution in [-0.4, -0.2) is 34.7 Å². The van der Waals surface area contributed by atoms with Gasteiger partial charge < -0.3 is 25.3 Å². The van der Waals surface area contributed by atoms with Gasteiger partial charge in [0.25, 0.3) is 0 Å². The van der Waals surface area contributed by atoms with Crippen LogP contribution in [0.5, 0.6) is 0 Å². The summed E-state index contributed by atoms with van der Waals surface area (Å²) in [5.41, 5.74) is 6.01. The molecule has 0 unspecified atom stereocenters. The van der Waals surface area contributed by atoms with E-state index >= 15 is 0 Å². The number of rotatable bonds is 6. The number of amides is 1. The van der Waals surface area contributed by atoms with E-state index in [1.807, 2.05) is 42.5 Å². The number of nitrogens with zero attached hydrogens (tertiary/aromatic N) is 2. The molecule has 0 saturated carbocycles. The molecule has 3 heterocycles. The first kappa shape index (κ1) is 22.7. The minimum Gasteiger partial charge on any atom is -0.375 e. The highest BCUT2D eigenvalue weighted by molar-refractivity contribution is 14.1. The number of methoxy groups -OCH3 is 1. The van der Waals surface area contributed by atoms with Gasteiger partial charge in [-0.15, -0.1) is 0 Å². The number of hydrogen-bond donors (Lipinski definition) is 3. The second kappa shape index (κ2) is 9.55. The van der Waals surface area contributed by atoms with Gasteiger partial charge in [-0.2, -0.15) is 0 Å². The van der Waals surface area contributed by atoms with E-state index < -0.39 is 0 Å². The second-order valence-electron chi connectivity index (χ2n) is 7.63. The highest BCUT2D eigenvalue weighted by Crippen LogP contribution is 2.44. The number of aromatic nitrogens is 2. The number of benzene rings is 1. The third-order valence-electron chi connectivity index (χ3n) is 5.44. The van der Waals surface area contributed by atoms with Crippen molar-refractivity contribution in [2.24, 2.45) is 0 Å². The van der Waals surface area contributed by atoms with Crippen molar-refractivity contribution in [1.82, 2.24) is 15.3 Å². The molecular formula is C23H24IN5O2S. The summed E-state index contributed by atoms with van der Waals surface area (Å²) in [6.45, 7) is 4.19. The zero-order chi connectivity index (χ0) is 22.8. The molecule has 166 valence electrons. The zero-order valence-corrected chi connectivity index (χ0v) is 21.0. The normalized spacial score (nSPS) is 18.0. The van der Waals surface area contributed by atoms with Crippen LogP contribution in [0, 0.1) is 17.4 Å². The summed E-state index contributed by atoms with van der Waals surface area (Å²) in [6, 6.07) is 13.4. The Hall–Kier alpha value is -2.50. The van der Waals surface area contributed by atoms with E-state index in [2.05, 4.69) is 61.9 Å². The van der Waals surface area contributed by atoms with Crippen molar-refractivity contribution in [3.8, 4) is 0 Å². The van der Waals surface area contributed by atoms with E-state index in [0.717, 1.165) is 22.8 Å². The highest BCUT2D eigenvalue weighted by atomic mass is 127. The third-order valence-corrected chi connectivity index (χ3v) is 7.15. The van der Waals surface area contributed by atoms with Crippen LogP contribution in [0.3, 0.4) is 0 Å². The van der Waals surface area contributed by atoms with Crippen LogP contribution in [0.1, 0.15) is 34.7 Å². The van der Waals surface area contributed by atoms with E-state index in [-0.39, 0.29) is 24.6 Å². The van der Waals surface area contributed by atoms with Crippen LogP contribution in [0.4, 0.5) is 11.4 Å². The van der Waals surface area contributed by atoms with Crippen molar-refractivity contribution in [1.29, 1.82) is 0 Å². The number of anilines is 2. The Morgan fingerprint density at radius 1 is 1.22 bits per heavy atom. The fourth-order valence-corrected chi connectivity index (χ4v) is 5.29. The van der Waals surface area contributed by atoms with Crippen LogP contribution in [0.2, 0.25) is 0 Å². The van der Waals surface area contributed by atoms with Gasteiger partial charge in [0.15, 0.2) is 5.11 Å². The van der Waals surface area contributed by atoms with Gasteiger partial charge in [0.2, 0.25) is 5.91 Å². The van der Waals surface area contributed by atoms with Crippen LogP contribution >= 0.6 is 34.8 Å². The maximum Gasteiger partial charge on any atom is 0.250 e. The number of H-pyrrole nitrogens is 1. The number of nitrogens with one attached hydrogen (secondary N) is 3. The molecule has 0 aliphatic carbocycles. The number of carbonyl (C=O) groups is 1. The van der Waals surface area contributed by atoms with Crippen LogP contribution < -0.4 is 15.5 Å². The maximum atomic E-state index is 11.8. The largest absolute Gasteiger partial charge is 0.375 e. The smallest absolute Gasteiger partial charge is 0.250 e. The number of thiocarbonyl (C=S) groups is 1. The number of ether oxygens (including phenoxy) is 1. The quantitative estimate of drug-likeness (QED) is 0.306. The van der Waals surface area contributed by atoms with Crippen molar-refractivity contribution in [2.45, 2.75) is 25.9 Å². The summed E-state index contributed by atoms with van der Waals surface area (Å²) in [6.07, 6.45) is 1.80. The summed E-state index contributed by atoms with van der Waals surface area (Å²) in [4.78, 5) is 22.0. The van der Waals surface area contributed by atoms with Crippen LogP contribution in [0.15, 0.2) is 48.7 Å². The van der Waals surface area contributed by atoms with Gasteiger partial charge in [0.1, 0.15) is 6.61 Å². The zero-order valence-electron chi connectivity index (χ0n) is 18.0. The van der Waals surface area contributed by atoms with Crippen molar-refractivity contribution < 1.29 is 9.53 Å². The Morgan fingerprint density at radius 3 is 2.56 bits per heavy atom. The van der Waals surface area contributed by atoms with E-state index in [1.165, 1.54) is 16.2 Å². The predicted molar refractivity (Wildman–Crippen MR) is 138 cm³/mol. The summed E-state index contributed by atoms with van der Waals surface area (Å²) >= 11 is 8.19. The summed E-state index contributed by atoms with van der Waals surface area (Å²) in [5.74, 6) is -0.195. The molecule has 32 heavy (non-hydrogen) atoms. The molecule has 2 atom stereocenters. The molecule has 1 fully saturated rings. The average Bonchev–Trinajstić information content (AvgIpc) is 3.24. The van der Waals surface area contributed by atoms with Gasteiger partial charge in [-0.1, -0.05) is 6.07 Å². The average molecular weight is 561 g/mol. The Labute approximate surface area is 206 Å². The van der Waals surface area contributed by atoms with Crippen molar-refractivity contribution >= 4 is 57.2 Å². The lowest BCUT2D eigenvalue weighted by atomic mass is 9.96. The number of halogens is 1. The summed E-state index contributed by atoms with van der Waals surface area (Å²) in [5, 5.41) is 6.94. The summed E-state index contributed by atoms with van der Waals surface area (Å²) < 4.78 is 6.07. The molecule has 9 heteroatoms. The molecule has 7 nitrogen and oxygen atoms in total. The van der Waals surface area contributed by atoms with E-state index in [1.54, 1.807) is 6.20 Å². The number of hydrogen-bond acceptors (Lipinski definition) is 4. The lowest BCUT2D eigenvalue weighted by Gasteiger charge is -2.28. The molecule has 1 aliphatic rings. The molecule has 1 saturated heterocycles. The first-order valence-corrected chi connectivity index (χ1v) is 11.6. The lowest BCUT2D eigenvalue weighted by molar-refractivity contribution is -0.119. The summed E-state index contributed by atoms with van der Waals surface area (Å²) in [7, 11) is 1.49. The SMILES string of the molecule is COCC(=O)Nc1ccc(N2C(=S)N[C@@H](c3ccccn3)[C@H]2c2c(C)[nH]c(C)c2I)cc1. The topological polar surface area (TPSA) is 82.3 Å². The minimum absolute atomic E-state index is 0.0142. The van der Waals surface area contributed by atoms with Crippen molar-refractivity contribution in [3.05, 3.63) is 74.9 Å². The number of carbonyl (C=O) groups excluding carboxylic acids is 1. The fraction of sp³-hybridized carbons (Fsp3) is 0.261. The van der Waals surface area contributed by atoms with Gasteiger partial charge in [-0.25, -0.2) is 0 Å². The van der Waals surface area contributed by atoms with Gasteiger partial charge in [0.05, 0.1) is 17.8 Å². The Balaban J connectivity index is 1.74. The fourth-order valence-electron chi connectivity index (χ4n) is 4.08. The molecule has 0 spiro atoms. The predicted octanol–water partition coefficient (Wildman–Crippen LogP) is 4.39. The Morgan fingerprint density at radius 2 is 1.97 bits per heavy atom. The Kier molecular flexibility index (Phi) is 6.77.